The minimum atomic E-state index is -4.76. The summed E-state index contributed by atoms with van der Waals surface area (Å²) in [6, 6.07) is 21.4. The van der Waals surface area contributed by atoms with Gasteiger partial charge in [-0.05, 0) is 62.4 Å². The van der Waals surface area contributed by atoms with E-state index in [9.17, 15) is 18.0 Å². The molecule has 0 radical (unpaired) electrons. The summed E-state index contributed by atoms with van der Waals surface area (Å²) >= 11 is 1.65. The van der Waals surface area contributed by atoms with Crippen LogP contribution in [0.15, 0.2) is 78.2 Å². The van der Waals surface area contributed by atoms with Gasteiger partial charge in [0.25, 0.3) is 5.91 Å². The second-order valence-electron chi connectivity index (χ2n) is 11.2. The van der Waals surface area contributed by atoms with E-state index >= 15 is 0 Å². The van der Waals surface area contributed by atoms with Crippen molar-refractivity contribution in [2.75, 3.05) is 13.1 Å². The molecule has 1 aliphatic heterocycles. The number of carbonyl (C=O) groups is 1. The van der Waals surface area contributed by atoms with Gasteiger partial charge in [0, 0.05) is 42.2 Å². The van der Waals surface area contributed by atoms with E-state index < -0.39 is 6.36 Å². The molecule has 45 heavy (non-hydrogen) atoms. The third kappa shape index (κ3) is 6.38. The highest BCUT2D eigenvalue weighted by Gasteiger charge is 2.32. The van der Waals surface area contributed by atoms with Gasteiger partial charge in [-0.3, -0.25) is 4.79 Å². The number of hydrogen-bond acceptors (Lipinski definition) is 5. The molecule has 232 valence electrons. The molecular formula is C35H33F3N4O2S. The van der Waals surface area contributed by atoms with Crippen LogP contribution in [0.25, 0.3) is 33.9 Å². The fourth-order valence-corrected chi connectivity index (χ4v) is 7.05. The highest BCUT2D eigenvalue weighted by Crippen LogP contribution is 2.36. The van der Waals surface area contributed by atoms with Gasteiger partial charge in [-0.15, -0.1) is 24.5 Å². The summed E-state index contributed by atoms with van der Waals surface area (Å²) in [5.41, 5.74) is 6.75. The molecule has 2 aromatic heterocycles. The number of carbonyl (C=O) groups excluding carboxylic acids is 1. The van der Waals surface area contributed by atoms with Crippen molar-refractivity contribution in [3.05, 3.63) is 100 Å². The molecule has 6 nitrogen and oxygen atoms in total. The number of alkyl halides is 3. The van der Waals surface area contributed by atoms with Crippen molar-refractivity contribution in [3.8, 4) is 39.7 Å². The number of nitrogens with zero attached hydrogens (tertiary/aromatic N) is 4. The average molecular weight is 631 g/mol. The fraction of sp³-hybridized carbons (Fsp3) is 0.286. The molecule has 0 atom stereocenters. The van der Waals surface area contributed by atoms with Crippen molar-refractivity contribution < 1.29 is 22.7 Å². The van der Waals surface area contributed by atoms with E-state index in [1.54, 1.807) is 23.5 Å². The molecule has 10 heteroatoms. The molecule has 0 unspecified atom stereocenters. The first kappa shape index (κ1) is 30.6. The topological polar surface area (TPSA) is 60.2 Å². The Bertz CT molecular complexity index is 1810. The molecule has 5 aromatic rings. The summed E-state index contributed by atoms with van der Waals surface area (Å²) in [7, 11) is 0. The number of likely N-dealkylation sites (tertiary alicyclic amines) is 1. The second kappa shape index (κ2) is 12.5. The van der Waals surface area contributed by atoms with Gasteiger partial charge in [0.05, 0.1) is 16.3 Å². The van der Waals surface area contributed by atoms with Crippen LogP contribution in [0.5, 0.6) is 5.75 Å². The Hall–Kier alpha value is -4.44. The summed E-state index contributed by atoms with van der Waals surface area (Å²) in [5.74, 6) is 0.731. The van der Waals surface area contributed by atoms with Gasteiger partial charge in [-0.1, -0.05) is 60.7 Å². The van der Waals surface area contributed by atoms with Crippen LogP contribution in [-0.2, 0) is 6.54 Å². The Labute approximate surface area is 264 Å². The number of hydrogen-bond donors (Lipinski definition) is 0. The summed E-state index contributed by atoms with van der Waals surface area (Å²) in [6.07, 6.45) is -3.18. The number of aromatic nitrogens is 3. The molecule has 3 heterocycles. The van der Waals surface area contributed by atoms with Gasteiger partial charge in [0.15, 0.2) is 5.82 Å². The lowest BCUT2D eigenvalue weighted by Gasteiger charge is -2.32. The van der Waals surface area contributed by atoms with Crippen LogP contribution >= 0.6 is 11.3 Å². The number of thiazole rings is 1. The largest absolute Gasteiger partial charge is 0.573 e. The van der Waals surface area contributed by atoms with E-state index in [2.05, 4.69) is 40.7 Å². The third-order valence-corrected chi connectivity index (χ3v) is 9.36. The summed E-state index contributed by atoms with van der Waals surface area (Å²) in [5, 5.41) is 3.14. The first-order valence-corrected chi connectivity index (χ1v) is 15.8. The number of aryl methyl sites for hydroxylation is 1. The monoisotopic (exact) mass is 630 g/mol. The highest BCUT2D eigenvalue weighted by atomic mass is 32.1. The molecule has 0 N–H and O–H groups in total. The first-order valence-electron chi connectivity index (χ1n) is 15.0. The molecule has 1 fully saturated rings. The van der Waals surface area contributed by atoms with E-state index in [1.807, 2.05) is 48.2 Å². The molecule has 1 aliphatic rings. The van der Waals surface area contributed by atoms with E-state index in [0.717, 1.165) is 58.4 Å². The maximum atomic E-state index is 13.9. The summed E-state index contributed by atoms with van der Waals surface area (Å²) in [4.78, 5) is 25.8. The van der Waals surface area contributed by atoms with Gasteiger partial charge >= 0.3 is 6.36 Å². The number of imidazole rings is 1. The number of halogens is 3. The molecule has 0 aliphatic carbocycles. The van der Waals surface area contributed by atoms with Crippen LogP contribution < -0.4 is 4.74 Å². The predicted molar refractivity (Wildman–Crippen MR) is 170 cm³/mol. The van der Waals surface area contributed by atoms with Crippen LogP contribution in [0.4, 0.5) is 13.2 Å². The Kier molecular flexibility index (Phi) is 8.50. The van der Waals surface area contributed by atoms with Crippen LogP contribution in [0, 0.1) is 13.8 Å². The number of ether oxygens (including phenoxy) is 1. The fourth-order valence-electron chi connectivity index (χ4n) is 6.08. The smallest absolute Gasteiger partial charge is 0.406 e. The van der Waals surface area contributed by atoms with Crippen LogP contribution in [-0.4, -0.2) is 44.8 Å². The van der Waals surface area contributed by atoms with E-state index in [1.165, 1.54) is 12.1 Å². The molecule has 1 amide bonds. The number of benzene rings is 3. The SMILES string of the molecule is CCn1c(-c2csc(C3CCN(C(=O)c4c(C)cccc4-c4ccc(OC(F)(F)F)cc4)CC3)n2)nc(-c2ccccc2)c1C. The van der Waals surface area contributed by atoms with Gasteiger partial charge in [-0.2, -0.15) is 0 Å². The van der Waals surface area contributed by atoms with Gasteiger partial charge in [0.1, 0.15) is 11.4 Å². The minimum Gasteiger partial charge on any atom is -0.406 e. The highest BCUT2D eigenvalue weighted by molar-refractivity contribution is 7.10. The predicted octanol–water partition coefficient (Wildman–Crippen LogP) is 8.90. The quantitative estimate of drug-likeness (QED) is 0.180. The molecule has 0 spiro atoms. The van der Waals surface area contributed by atoms with Crippen molar-refractivity contribution in [3.63, 3.8) is 0 Å². The molecular weight excluding hydrogens is 597 g/mol. The Morgan fingerprint density at radius 3 is 2.31 bits per heavy atom. The Morgan fingerprint density at radius 2 is 1.64 bits per heavy atom. The normalized spacial score (nSPS) is 14.1. The first-order chi connectivity index (χ1) is 21.6. The molecule has 1 saturated heterocycles. The van der Waals surface area contributed by atoms with E-state index in [4.69, 9.17) is 9.97 Å². The Balaban J connectivity index is 1.17. The minimum absolute atomic E-state index is 0.0779. The number of rotatable bonds is 7. The van der Waals surface area contributed by atoms with Gasteiger partial charge in [0.2, 0.25) is 0 Å². The van der Waals surface area contributed by atoms with Crippen molar-refractivity contribution in [1.82, 2.24) is 19.4 Å². The molecule has 0 saturated carbocycles. The molecule has 0 bridgehead atoms. The zero-order valence-corrected chi connectivity index (χ0v) is 26.1. The summed E-state index contributed by atoms with van der Waals surface area (Å²) in [6.45, 7) is 8.06. The van der Waals surface area contributed by atoms with Crippen molar-refractivity contribution >= 4 is 17.2 Å². The van der Waals surface area contributed by atoms with Crippen molar-refractivity contribution in [2.45, 2.75) is 52.4 Å². The van der Waals surface area contributed by atoms with Gasteiger partial charge < -0.3 is 14.2 Å². The molecule has 3 aromatic carbocycles. The van der Waals surface area contributed by atoms with Crippen molar-refractivity contribution in [1.29, 1.82) is 0 Å². The lowest BCUT2D eigenvalue weighted by molar-refractivity contribution is -0.274. The number of amides is 1. The van der Waals surface area contributed by atoms with E-state index in [-0.39, 0.29) is 17.6 Å². The van der Waals surface area contributed by atoms with Crippen molar-refractivity contribution in [2.24, 2.45) is 0 Å². The van der Waals surface area contributed by atoms with Crippen LogP contribution in [0.1, 0.15) is 52.3 Å². The lowest BCUT2D eigenvalue weighted by Crippen LogP contribution is -2.38. The second-order valence-corrected chi connectivity index (χ2v) is 12.1. The molecule has 6 rings (SSSR count). The van der Waals surface area contributed by atoms with Gasteiger partial charge in [-0.25, -0.2) is 9.97 Å². The number of piperidine rings is 1. The van der Waals surface area contributed by atoms with E-state index in [0.29, 0.717) is 29.8 Å². The Morgan fingerprint density at radius 1 is 0.933 bits per heavy atom. The third-order valence-electron chi connectivity index (χ3n) is 8.35. The maximum Gasteiger partial charge on any atom is 0.573 e. The van der Waals surface area contributed by atoms with Crippen LogP contribution in [0.2, 0.25) is 0 Å². The summed E-state index contributed by atoms with van der Waals surface area (Å²) < 4.78 is 44.1. The average Bonchev–Trinajstić information content (AvgIpc) is 3.65. The zero-order chi connectivity index (χ0) is 31.7. The maximum absolute atomic E-state index is 13.9. The standard InChI is InChI=1S/C35H33F3N4O2S/c1-4-42-23(3)31(25-10-6-5-7-11-25)40-32(42)29-21-45-33(39-29)26-17-19-41(20-18-26)34(43)30-22(2)9-8-12-28(30)24-13-15-27(16-14-24)44-35(36,37)38/h5-16,21,26H,4,17-20H2,1-3H3. The zero-order valence-electron chi connectivity index (χ0n) is 25.3. The van der Waals surface area contributed by atoms with Crippen LogP contribution in [0.3, 0.4) is 0 Å². The lowest BCUT2D eigenvalue weighted by atomic mass is 9.93.